The fraction of sp³-hybridized carbons (Fsp3) is 0.850. The Balaban J connectivity index is 1.86. The molecule has 3 N–H and O–H groups in total. The van der Waals surface area contributed by atoms with Crippen LogP contribution < -0.4 is 16.0 Å². The molecule has 2 unspecified atom stereocenters. The second-order valence-electron chi connectivity index (χ2n) is 8.15. The van der Waals surface area contributed by atoms with Gasteiger partial charge in [0.25, 0.3) is 0 Å². The SMILES string of the molecule is COCCC(C)C(=O)NC1(CNC(=O)CC2CCCC(=O)N2)CCCCC1. The molecule has 0 spiro atoms. The molecule has 0 radical (unpaired) electrons. The van der Waals surface area contributed by atoms with Crippen LogP contribution in [0.15, 0.2) is 0 Å². The summed E-state index contributed by atoms with van der Waals surface area (Å²) in [6.45, 7) is 2.93. The van der Waals surface area contributed by atoms with Crippen LogP contribution in [0.1, 0.15) is 71.1 Å². The van der Waals surface area contributed by atoms with E-state index in [0.717, 1.165) is 38.5 Å². The molecule has 1 heterocycles. The Morgan fingerprint density at radius 2 is 2.00 bits per heavy atom. The molecule has 7 nitrogen and oxygen atoms in total. The van der Waals surface area contributed by atoms with Gasteiger partial charge in [-0.2, -0.15) is 0 Å². The summed E-state index contributed by atoms with van der Waals surface area (Å²) in [5, 5.41) is 9.12. The molecule has 3 amide bonds. The van der Waals surface area contributed by atoms with Crippen molar-refractivity contribution in [2.24, 2.45) is 5.92 Å². The maximum absolute atomic E-state index is 12.6. The first-order valence-electron chi connectivity index (χ1n) is 10.3. The molecule has 2 atom stereocenters. The third kappa shape index (κ3) is 7.13. The zero-order chi connectivity index (χ0) is 19.7. The molecule has 1 aliphatic carbocycles. The zero-order valence-corrected chi connectivity index (χ0v) is 16.8. The Bertz CT molecular complexity index is 517. The van der Waals surface area contributed by atoms with Crippen molar-refractivity contribution in [3.05, 3.63) is 0 Å². The van der Waals surface area contributed by atoms with Gasteiger partial charge < -0.3 is 20.7 Å². The van der Waals surface area contributed by atoms with Gasteiger partial charge >= 0.3 is 0 Å². The largest absolute Gasteiger partial charge is 0.385 e. The Labute approximate surface area is 162 Å². The van der Waals surface area contributed by atoms with E-state index in [1.807, 2.05) is 6.92 Å². The van der Waals surface area contributed by atoms with Crippen molar-refractivity contribution in [3.8, 4) is 0 Å². The first-order valence-corrected chi connectivity index (χ1v) is 10.3. The summed E-state index contributed by atoms with van der Waals surface area (Å²) in [6.07, 6.45) is 8.27. The minimum absolute atomic E-state index is 0.0279. The lowest BCUT2D eigenvalue weighted by molar-refractivity contribution is -0.129. The number of piperidine rings is 1. The van der Waals surface area contributed by atoms with Gasteiger partial charge in [-0.3, -0.25) is 14.4 Å². The molecule has 2 fully saturated rings. The number of rotatable bonds is 9. The van der Waals surface area contributed by atoms with Gasteiger partial charge in [-0.1, -0.05) is 26.2 Å². The summed E-state index contributed by atoms with van der Waals surface area (Å²) in [5.41, 5.74) is -0.359. The number of ether oxygens (including phenoxy) is 1. The van der Waals surface area contributed by atoms with Crippen LogP contribution in [0.2, 0.25) is 0 Å². The van der Waals surface area contributed by atoms with E-state index in [4.69, 9.17) is 4.74 Å². The van der Waals surface area contributed by atoms with Crippen LogP contribution in [-0.2, 0) is 19.1 Å². The lowest BCUT2D eigenvalue weighted by Crippen LogP contribution is -2.58. The van der Waals surface area contributed by atoms with Crippen molar-refractivity contribution in [1.82, 2.24) is 16.0 Å². The van der Waals surface area contributed by atoms with Crippen LogP contribution in [0.4, 0.5) is 0 Å². The average Bonchev–Trinajstić information content (AvgIpc) is 2.65. The van der Waals surface area contributed by atoms with Crippen molar-refractivity contribution in [2.75, 3.05) is 20.3 Å². The van der Waals surface area contributed by atoms with Crippen LogP contribution in [0, 0.1) is 5.92 Å². The van der Waals surface area contributed by atoms with Gasteiger partial charge in [0, 0.05) is 45.1 Å². The van der Waals surface area contributed by atoms with E-state index < -0.39 is 0 Å². The van der Waals surface area contributed by atoms with Gasteiger partial charge in [-0.05, 0) is 32.1 Å². The van der Waals surface area contributed by atoms with Crippen LogP contribution in [0.3, 0.4) is 0 Å². The highest BCUT2D eigenvalue weighted by Crippen LogP contribution is 2.28. The molecular formula is C20H35N3O4. The maximum atomic E-state index is 12.6. The molecule has 0 aromatic carbocycles. The Kier molecular flexibility index (Phi) is 8.54. The predicted octanol–water partition coefficient (Wildman–Crippen LogP) is 1.65. The van der Waals surface area contributed by atoms with Gasteiger partial charge in [-0.25, -0.2) is 0 Å². The first-order chi connectivity index (χ1) is 12.9. The van der Waals surface area contributed by atoms with Crippen LogP contribution in [0.25, 0.3) is 0 Å². The standard InChI is InChI=1S/C20H35N3O4/c1-15(9-12-27-2)19(26)23-20(10-4-3-5-11-20)14-21-18(25)13-16-7-6-8-17(24)22-16/h15-16H,3-14H2,1-2H3,(H,21,25)(H,22,24)(H,23,26). The van der Waals surface area contributed by atoms with Crippen molar-refractivity contribution >= 4 is 17.7 Å². The monoisotopic (exact) mass is 381 g/mol. The van der Waals surface area contributed by atoms with E-state index in [1.54, 1.807) is 7.11 Å². The van der Waals surface area contributed by atoms with Crippen LogP contribution in [0.5, 0.6) is 0 Å². The number of methoxy groups -OCH3 is 1. The van der Waals surface area contributed by atoms with Crippen molar-refractivity contribution in [1.29, 1.82) is 0 Å². The summed E-state index contributed by atoms with van der Waals surface area (Å²) in [4.78, 5) is 36.4. The number of amides is 3. The fourth-order valence-electron chi connectivity index (χ4n) is 3.98. The molecule has 1 aliphatic heterocycles. The zero-order valence-electron chi connectivity index (χ0n) is 16.8. The van der Waals surface area contributed by atoms with E-state index in [2.05, 4.69) is 16.0 Å². The Hall–Kier alpha value is -1.63. The molecule has 1 saturated heterocycles. The Morgan fingerprint density at radius 1 is 1.26 bits per heavy atom. The van der Waals surface area contributed by atoms with Crippen molar-refractivity contribution < 1.29 is 19.1 Å². The number of nitrogens with one attached hydrogen (secondary N) is 3. The van der Waals surface area contributed by atoms with Gasteiger partial charge in [0.2, 0.25) is 17.7 Å². The molecule has 0 bridgehead atoms. The van der Waals surface area contributed by atoms with Crippen molar-refractivity contribution in [3.63, 3.8) is 0 Å². The highest BCUT2D eigenvalue weighted by atomic mass is 16.5. The molecule has 154 valence electrons. The molecule has 0 aromatic rings. The summed E-state index contributed by atoms with van der Waals surface area (Å²) < 4.78 is 5.07. The van der Waals surface area contributed by atoms with E-state index >= 15 is 0 Å². The predicted molar refractivity (Wildman–Crippen MR) is 103 cm³/mol. The van der Waals surface area contributed by atoms with E-state index in [-0.39, 0.29) is 35.2 Å². The highest BCUT2D eigenvalue weighted by molar-refractivity contribution is 5.81. The summed E-state index contributed by atoms with van der Waals surface area (Å²) in [5.74, 6) is -0.117. The third-order valence-electron chi connectivity index (χ3n) is 5.78. The number of hydrogen-bond donors (Lipinski definition) is 3. The van der Waals surface area contributed by atoms with Gasteiger partial charge in [0.05, 0.1) is 5.54 Å². The lowest BCUT2D eigenvalue weighted by Gasteiger charge is -2.39. The topological polar surface area (TPSA) is 96.5 Å². The highest BCUT2D eigenvalue weighted by Gasteiger charge is 2.35. The van der Waals surface area contributed by atoms with Gasteiger partial charge in [0.15, 0.2) is 0 Å². The van der Waals surface area contributed by atoms with Gasteiger partial charge in [0.1, 0.15) is 0 Å². The number of hydrogen-bond acceptors (Lipinski definition) is 4. The molecule has 0 aromatic heterocycles. The third-order valence-corrected chi connectivity index (χ3v) is 5.78. The summed E-state index contributed by atoms with van der Waals surface area (Å²) in [6, 6.07) is -0.0720. The summed E-state index contributed by atoms with van der Waals surface area (Å²) >= 11 is 0. The lowest BCUT2D eigenvalue weighted by atomic mass is 9.81. The Morgan fingerprint density at radius 3 is 2.67 bits per heavy atom. The van der Waals surface area contributed by atoms with Crippen LogP contribution in [-0.4, -0.2) is 49.6 Å². The average molecular weight is 382 g/mol. The smallest absolute Gasteiger partial charge is 0.223 e. The second kappa shape index (κ2) is 10.6. The van der Waals surface area contributed by atoms with E-state index in [0.29, 0.717) is 32.4 Å². The molecule has 1 saturated carbocycles. The van der Waals surface area contributed by atoms with E-state index in [1.165, 1.54) is 6.42 Å². The molecule has 7 heteroatoms. The normalized spacial score (nSPS) is 23.2. The van der Waals surface area contributed by atoms with Crippen LogP contribution >= 0.6 is 0 Å². The maximum Gasteiger partial charge on any atom is 0.223 e. The van der Waals surface area contributed by atoms with Crippen molar-refractivity contribution in [2.45, 2.75) is 82.7 Å². The molecule has 27 heavy (non-hydrogen) atoms. The molecule has 2 rings (SSSR count). The fourth-order valence-corrected chi connectivity index (χ4v) is 3.98. The quantitative estimate of drug-likeness (QED) is 0.566. The van der Waals surface area contributed by atoms with E-state index in [9.17, 15) is 14.4 Å². The number of carbonyl (C=O) groups is 3. The number of carbonyl (C=O) groups excluding carboxylic acids is 3. The summed E-state index contributed by atoms with van der Waals surface area (Å²) in [7, 11) is 1.64. The molecular weight excluding hydrogens is 346 g/mol. The minimum atomic E-state index is -0.359. The second-order valence-corrected chi connectivity index (χ2v) is 8.15. The molecule has 2 aliphatic rings. The minimum Gasteiger partial charge on any atom is -0.385 e. The van der Waals surface area contributed by atoms with Gasteiger partial charge in [-0.15, -0.1) is 0 Å². The first kappa shape index (κ1) is 21.7.